The topological polar surface area (TPSA) is 134 Å². The van der Waals surface area contributed by atoms with Gasteiger partial charge in [0.05, 0.1) is 11.0 Å². The summed E-state index contributed by atoms with van der Waals surface area (Å²) in [5, 5.41) is 29.7. The fraction of sp³-hybridized carbons (Fsp3) is 0.552. The molecule has 39 heavy (non-hydrogen) atoms. The molecule has 1 unspecified atom stereocenters. The molecule has 10 heteroatoms. The van der Waals surface area contributed by atoms with E-state index in [2.05, 4.69) is 0 Å². The van der Waals surface area contributed by atoms with Crippen LogP contribution in [0.3, 0.4) is 0 Å². The Kier molecular flexibility index (Phi) is 10.3. The summed E-state index contributed by atoms with van der Waals surface area (Å²) in [5.74, 6) is -0.781. The van der Waals surface area contributed by atoms with Gasteiger partial charge >= 0.3 is 5.97 Å². The molecule has 9 nitrogen and oxygen atoms in total. The minimum atomic E-state index is -4.11. The maximum atomic E-state index is 14.0. The number of esters is 1. The zero-order chi connectivity index (χ0) is 29.0. The highest BCUT2D eigenvalue weighted by Crippen LogP contribution is 2.30. The van der Waals surface area contributed by atoms with Gasteiger partial charge in [0.1, 0.15) is 23.9 Å². The quantitative estimate of drug-likeness (QED) is 0.355. The van der Waals surface area contributed by atoms with Crippen molar-refractivity contribution in [2.75, 3.05) is 0 Å². The predicted molar refractivity (Wildman–Crippen MR) is 146 cm³/mol. The molecule has 0 aromatic heterocycles. The van der Waals surface area contributed by atoms with E-state index in [9.17, 15) is 28.5 Å². The van der Waals surface area contributed by atoms with Crippen molar-refractivity contribution in [1.29, 1.82) is 0 Å². The average molecular weight is 564 g/mol. The van der Waals surface area contributed by atoms with E-state index in [1.165, 1.54) is 16.4 Å². The molecule has 1 fully saturated rings. The van der Waals surface area contributed by atoms with Gasteiger partial charge in [-0.25, -0.2) is 8.42 Å². The molecular formula is C29H41NO8S. The van der Waals surface area contributed by atoms with Gasteiger partial charge in [-0.2, -0.15) is 4.31 Å². The number of hydrogen-bond acceptors (Lipinski definition) is 8. The third-order valence-corrected chi connectivity index (χ3v) is 8.61. The molecule has 2 aromatic rings. The number of benzene rings is 2. The Hall–Kier alpha value is -2.34. The molecule has 1 aliphatic rings. The van der Waals surface area contributed by atoms with Gasteiger partial charge in [0, 0.05) is 6.54 Å². The molecular weight excluding hydrogens is 522 g/mol. The van der Waals surface area contributed by atoms with E-state index in [1.807, 2.05) is 44.2 Å². The van der Waals surface area contributed by atoms with E-state index in [0.717, 1.165) is 11.1 Å². The number of nitrogens with zero attached hydrogens (tertiary/aromatic N) is 1. The van der Waals surface area contributed by atoms with Gasteiger partial charge < -0.3 is 24.8 Å². The molecule has 0 saturated carbocycles. The first-order chi connectivity index (χ1) is 18.2. The molecule has 216 valence electrons. The zero-order valence-electron chi connectivity index (χ0n) is 23.2. The maximum Gasteiger partial charge on any atom is 0.324 e. The lowest BCUT2D eigenvalue weighted by Gasteiger charge is -2.33. The molecule has 1 aliphatic heterocycles. The number of rotatable bonds is 11. The molecule has 1 heterocycles. The number of ether oxygens (including phenoxy) is 2. The van der Waals surface area contributed by atoms with E-state index in [1.54, 1.807) is 32.9 Å². The summed E-state index contributed by atoms with van der Waals surface area (Å²) in [5.41, 5.74) is 0.800. The van der Waals surface area contributed by atoms with Gasteiger partial charge in [-0.3, -0.25) is 4.79 Å². The van der Waals surface area contributed by atoms with Gasteiger partial charge in [0.25, 0.3) is 0 Å². The Morgan fingerprint density at radius 1 is 1.00 bits per heavy atom. The third-order valence-electron chi connectivity index (χ3n) is 6.74. The van der Waals surface area contributed by atoms with Gasteiger partial charge in [-0.1, -0.05) is 55.0 Å². The predicted octanol–water partition coefficient (Wildman–Crippen LogP) is 3.14. The van der Waals surface area contributed by atoms with Crippen LogP contribution in [0.15, 0.2) is 59.5 Å². The monoisotopic (exact) mass is 563 g/mol. The molecule has 2 aromatic carbocycles. The summed E-state index contributed by atoms with van der Waals surface area (Å²) in [4.78, 5) is 13.6. The van der Waals surface area contributed by atoms with Crippen LogP contribution in [0.2, 0.25) is 0 Å². The summed E-state index contributed by atoms with van der Waals surface area (Å²) >= 11 is 0. The minimum absolute atomic E-state index is 0.0296. The van der Waals surface area contributed by atoms with Crippen LogP contribution in [0.25, 0.3) is 0 Å². The van der Waals surface area contributed by atoms with Crippen LogP contribution in [0.1, 0.15) is 58.1 Å². The SMILES string of the molecule is Cc1ccc(S(=O)(=O)N(Cc2ccccc2)[C@@H](CC[C@H](C)C[C@H]2OC(O)[C@H](O)[C@@H]2O)C(=O)OC(C)(C)C)cc1. The van der Waals surface area contributed by atoms with E-state index < -0.39 is 52.2 Å². The second-order valence-corrected chi connectivity index (χ2v) is 13.3. The van der Waals surface area contributed by atoms with Crippen molar-refractivity contribution in [2.45, 2.75) is 102 Å². The lowest BCUT2D eigenvalue weighted by atomic mass is 9.93. The number of sulfonamides is 1. The van der Waals surface area contributed by atoms with Crippen LogP contribution >= 0.6 is 0 Å². The molecule has 3 rings (SSSR count). The zero-order valence-corrected chi connectivity index (χ0v) is 24.0. The van der Waals surface area contributed by atoms with Crippen LogP contribution in [0.5, 0.6) is 0 Å². The number of carbonyl (C=O) groups excluding carboxylic acids is 1. The molecule has 0 radical (unpaired) electrons. The van der Waals surface area contributed by atoms with Crippen molar-refractivity contribution in [3.8, 4) is 0 Å². The van der Waals surface area contributed by atoms with Crippen LogP contribution in [0, 0.1) is 12.8 Å². The molecule has 1 saturated heterocycles. The first-order valence-corrected chi connectivity index (χ1v) is 14.7. The fourth-order valence-electron chi connectivity index (χ4n) is 4.60. The van der Waals surface area contributed by atoms with Crippen molar-refractivity contribution in [3.05, 3.63) is 65.7 Å². The largest absolute Gasteiger partial charge is 0.459 e. The summed E-state index contributed by atoms with van der Waals surface area (Å²) in [7, 11) is -4.11. The number of carbonyl (C=O) groups is 1. The lowest BCUT2D eigenvalue weighted by Crippen LogP contribution is -2.47. The first kappa shape index (κ1) is 31.2. The molecule has 0 amide bonds. The molecule has 0 aliphatic carbocycles. The number of aryl methyl sites for hydroxylation is 1. The van der Waals surface area contributed by atoms with Crippen molar-refractivity contribution >= 4 is 16.0 Å². The maximum absolute atomic E-state index is 14.0. The lowest BCUT2D eigenvalue weighted by molar-refractivity contribution is -0.160. The molecule has 0 bridgehead atoms. The van der Waals surface area contributed by atoms with Crippen LogP contribution in [0.4, 0.5) is 0 Å². The molecule has 0 spiro atoms. The molecule has 6 atom stereocenters. The standard InChI is InChI=1S/C29H41NO8S/c1-19-11-14-22(15-12-19)39(35,36)30(18-21-9-7-6-8-10-21)23(27(33)38-29(3,4)5)16-13-20(2)17-24-25(31)26(32)28(34)37-24/h6-12,14-15,20,23-26,28,31-32,34H,13,16-18H2,1-5H3/t20-,23-,24+,25+,26+,28?/m0/s1. The number of hydrogen-bond donors (Lipinski definition) is 3. The highest BCUT2D eigenvalue weighted by molar-refractivity contribution is 7.89. The minimum Gasteiger partial charge on any atom is -0.459 e. The Balaban J connectivity index is 1.92. The van der Waals surface area contributed by atoms with Crippen molar-refractivity contribution in [1.82, 2.24) is 4.31 Å². The first-order valence-electron chi connectivity index (χ1n) is 13.2. The summed E-state index contributed by atoms with van der Waals surface area (Å²) in [6.07, 6.45) is -4.01. The van der Waals surface area contributed by atoms with E-state index in [-0.39, 0.29) is 23.8 Å². The average Bonchev–Trinajstić information content (AvgIpc) is 3.09. The van der Waals surface area contributed by atoms with Crippen molar-refractivity contribution in [3.63, 3.8) is 0 Å². The second kappa shape index (κ2) is 12.9. The van der Waals surface area contributed by atoms with E-state index in [0.29, 0.717) is 12.8 Å². The highest BCUT2D eigenvalue weighted by Gasteiger charge is 2.43. The third kappa shape index (κ3) is 8.33. The summed E-state index contributed by atoms with van der Waals surface area (Å²) < 4.78 is 40.2. The van der Waals surface area contributed by atoms with Crippen LogP contribution in [-0.4, -0.2) is 70.3 Å². The number of aliphatic hydroxyl groups is 3. The van der Waals surface area contributed by atoms with Crippen LogP contribution in [-0.2, 0) is 30.8 Å². The van der Waals surface area contributed by atoms with E-state index >= 15 is 0 Å². The Morgan fingerprint density at radius 2 is 1.62 bits per heavy atom. The van der Waals surface area contributed by atoms with E-state index in [4.69, 9.17) is 9.47 Å². The van der Waals surface area contributed by atoms with Crippen molar-refractivity contribution in [2.24, 2.45) is 5.92 Å². The normalized spacial score (nSPS) is 23.5. The fourth-order valence-corrected chi connectivity index (χ4v) is 6.20. The Bertz CT molecular complexity index is 1180. The van der Waals surface area contributed by atoms with Crippen LogP contribution < -0.4 is 0 Å². The number of aliphatic hydroxyl groups excluding tert-OH is 3. The summed E-state index contributed by atoms with van der Waals surface area (Å²) in [6, 6.07) is 14.5. The van der Waals surface area contributed by atoms with Gasteiger partial charge in [0.2, 0.25) is 10.0 Å². The smallest absolute Gasteiger partial charge is 0.324 e. The Morgan fingerprint density at radius 3 is 2.15 bits per heavy atom. The van der Waals surface area contributed by atoms with Gasteiger partial charge in [0.15, 0.2) is 6.29 Å². The molecule has 3 N–H and O–H groups in total. The Labute approximate surface area is 231 Å². The van der Waals surface area contributed by atoms with Gasteiger partial charge in [-0.05, 0) is 70.6 Å². The highest BCUT2D eigenvalue weighted by atomic mass is 32.2. The summed E-state index contributed by atoms with van der Waals surface area (Å²) in [6.45, 7) is 8.92. The van der Waals surface area contributed by atoms with Gasteiger partial charge in [-0.15, -0.1) is 0 Å². The second-order valence-electron chi connectivity index (χ2n) is 11.4. The van der Waals surface area contributed by atoms with Crippen molar-refractivity contribution < 1.29 is 38.0 Å².